The summed E-state index contributed by atoms with van der Waals surface area (Å²) in [6.07, 6.45) is -2.92. The summed E-state index contributed by atoms with van der Waals surface area (Å²) < 4.78 is 31.7. The Morgan fingerprint density at radius 1 is 1.36 bits per heavy atom. The first kappa shape index (κ1) is 20.5. The number of hydrogen-bond donors (Lipinski definition) is 2. The Labute approximate surface area is 143 Å². The number of carbonyl (C=O) groups excluding carboxylic acids is 1. The van der Waals surface area contributed by atoms with Gasteiger partial charge in [-0.05, 0) is 25.3 Å². The molecule has 3 N–H and O–H groups in total. The number of aliphatic carboxylic acids is 1. The van der Waals surface area contributed by atoms with Gasteiger partial charge in [0.25, 0.3) is 0 Å². The maximum atomic E-state index is 11.8. The second-order valence-corrected chi connectivity index (χ2v) is 5.88. The van der Waals surface area contributed by atoms with E-state index in [9.17, 15) is 18.0 Å². The van der Waals surface area contributed by atoms with Crippen molar-refractivity contribution < 1.29 is 27.9 Å². The molecule has 1 aliphatic heterocycles. The van der Waals surface area contributed by atoms with Gasteiger partial charge in [0.1, 0.15) is 0 Å². The van der Waals surface area contributed by atoms with Crippen LogP contribution in [0.1, 0.15) is 25.3 Å². The van der Waals surface area contributed by atoms with Gasteiger partial charge in [-0.2, -0.15) is 13.2 Å². The van der Waals surface area contributed by atoms with Crippen molar-refractivity contribution in [3.05, 3.63) is 35.9 Å². The monoisotopic (exact) mass is 359 g/mol. The van der Waals surface area contributed by atoms with Crippen LogP contribution in [0.15, 0.2) is 35.3 Å². The number of carboxylic acid groups (broad SMARTS) is 1. The van der Waals surface area contributed by atoms with Crippen LogP contribution in [-0.2, 0) is 16.0 Å². The van der Waals surface area contributed by atoms with Gasteiger partial charge in [0.15, 0.2) is 5.96 Å². The number of hydrogen-bond acceptors (Lipinski definition) is 4. The molecule has 1 aromatic rings. The van der Waals surface area contributed by atoms with Crippen molar-refractivity contribution in [2.45, 2.75) is 37.9 Å². The summed E-state index contributed by atoms with van der Waals surface area (Å²) in [7, 11) is 1.66. The number of guanidine groups is 1. The molecule has 6 nitrogen and oxygen atoms in total. The minimum atomic E-state index is -5.08. The van der Waals surface area contributed by atoms with Crippen molar-refractivity contribution in [3.63, 3.8) is 0 Å². The summed E-state index contributed by atoms with van der Waals surface area (Å²) >= 11 is 0. The smallest absolute Gasteiger partial charge is 0.475 e. The SMILES string of the molecule is CN1C(=O)C[C@](C)(CCc2ccccc2)N=C1N.O=C(O)C(F)(F)F. The number of halogens is 3. The van der Waals surface area contributed by atoms with Crippen LogP contribution >= 0.6 is 0 Å². The molecule has 0 radical (unpaired) electrons. The highest BCUT2D eigenvalue weighted by molar-refractivity contribution is 5.98. The Morgan fingerprint density at radius 3 is 2.32 bits per heavy atom. The van der Waals surface area contributed by atoms with E-state index in [1.165, 1.54) is 10.5 Å². The third-order valence-electron chi connectivity index (χ3n) is 3.67. The third-order valence-corrected chi connectivity index (χ3v) is 3.67. The van der Waals surface area contributed by atoms with E-state index < -0.39 is 12.1 Å². The summed E-state index contributed by atoms with van der Waals surface area (Å²) in [6.45, 7) is 1.99. The summed E-state index contributed by atoms with van der Waals surface area (Å²) in [5.41, 5.74) is 6.66. The number of amides is 1. The molecule has 2 rings (SSSR count). The summed E-state index contributed by atoms with van der Waals surface area (Å²) in [4.78, 5) is 26.6. The average Bonchev–Trinajstić information content (AvgIpc) is 2.51. The Kier molecular flexibility index (Phi) is 6.55. The maximum Gasteiger partial charge on any atom is 0.490 e. The quantitative estimate of drug-likeness (QED) is 0.865. The highest BCUT2D eigenvalue weighted by Gasteiger charge is 2.38. The topological polar surface area (TPSA) is 96.0 Å². The van der Waals surface area contributed by atoms with Crippen LogP contribution in [-0.4, -0.2) is 46.6 Å². The molecule has 0 unspecified atom stereocenters. The maximum absolute atomic E-state index is 11.8. The van der Waals surface area contributed by atoms with Crippen molar-refractivity contribution in [1.29, 1.82) is 0 Å². The van der Waals surface area contributed by atoms with E-state index in [1.54, 1.807) is 7.05 Å². The van der Waals surface area contributed by atoms with Crippen molar-refractivity contribution in [1.82, 2.24) is 4.90 Å². The van der Waals surface area contributed by atoms with Gasteiger partial charge >= 0.3 is 12.1 Å². The molecule has 25 heavy (non-hydrogen) atoms. The minimum absolute atomic E-state index is 0.0399. The van der Waals surface area contributed by atoms with Crippen molar-refractivity contribution >= 4 is 17.8 Å². The number of rotatable bonds is 3. The number of carboxylic acids is 1. The molecule has 0 saturated heterocycles. The number of alkyl halides is 3. The minimum Gasteiger partial charge on any atom is -0.475 e. The standard InChI is InChI=1S/C14H19N3O.C2HF3O2/c1-14(9-8-11-6-4-3-5-7-11)10-12(18)17(2)13(15)16-14;3-2(4,5)1(6)7/h3-7H,8-10H2,1-2H3,(H2,15,16);(H,6,7)/t14-;/m0./s1. The lowest BCUT2D eigenvalue weighted by Gasteiger charge is -2.33. The van der Waals surface area contributed by atoms with Gasteiger partial charge in [0.05, 0.1) is 12.0 Å². The molecular formula is C16H20F3N3O3. The third kappa shape index (κ3) is 6.44. The first-order valence-corrected chi connectivity index (χ1v) is 7.40. The Hall–Kier alpha value is -2.58. The van der Waals surface area contributed by atoms with E-state index in [1.807, 2.05) is 25.1 Å². The second kappa shape index (κ2) is 8.00. The summed E-state index contributed by atoms with van der Waals surface area (Å²) in [6, 6.07) is 10.2. The van der Waals surface area contributed by atoms with Crippen molar-refractivity contribution in [2.24, 2.45) is 10.7 Å². The van der Waals surface area contributed by atoms with Crippen molar-refractivity contribution in [3.8, 4) is 0 Å². The van der Waals surface area contributed by atoms with Crippen LogP contribution in [0, 0.1) is 0 Å². The predicted octanol–water partition coefficient (Wildman–Crippen LogP) is 2.19. The van der Waals surface area contributed by atoms with E-state index in [2.05, 4.69) is 17.1 Å². The van der Waals surface area contributed by atoms with Crippen molar-refractivity contribution in [2.75, 3.05) is 7.05 Å². The molecule has 9 heteroatoms. The molecule has 0 fully saturated rings. The van der Waals surface area contributed by atoms with Gasteiger partial charge in [0.2, 0.25) is 5.91 Å². The van der Waals surface area contributed by atoms with E-state index in [-0.39, 0.29) is 11.4 Å². The lowest BCUT2D eigenvalue weighted by molar-refractivity contribution is -0.192. The van der Waals surface area contributed by atoms with Gasteiger partial charge in [-0.25, -0.2) is 9.79 Å². The molecule has 0 aromatic heterocycles. The highest BCUT2D eigenvalue weighted by Crippen LogP contribution is 2.26. The molecule has 138 valence electrons. The van der Waals surface area contributed by atoms with Crippen LogP contribution in [0.5, 0.6) is 0 Å². The molecule has 1 aromatic carbocycles. The molecule has 1 amide bonds. The number of nitrogens with two attached hydrogens (primary N) is 1. The van der Waals surface area contributed by atoms with Gasteiger partial charge in [-0.15, -0.1) is 0 Å². The number of carbonyl (C=O) groups is 2. The lowest BCUT2D eigenvalue weighted by Crippen LogP contribution is -2.48. The summed E-state index contributed by atoms with van der Waals surface area (Å²) in [5.74, 6) is -2.40. The molecule has 0 bridgehead atoms. The summed E-state index contributed by atoms with van der Waals surface area (Å²) in [5, 5.41) is 7.12. The van der Waals surface area contributed by atoms with E-state index >= 15 is 0 Å². The Morgan fingerprint density at radius 2 is 1.88 bits per heavy atom. The molecular weight excluding hydrogens is 339 g/mol. The second-order valence-electron chi connectivity index (χ2n) is 5.88. The fourth-order valence-corrected chi connectivity index (χ4v) is 2.17. The van der Waals surface area contributed by atoms with Gasteiger partial charge < -0.3 is 10.8 Å². The fraction of sp³-hybridized carbons (Fsp3) is 0.438. The fourth-order valence-electron chi connectivity index (χ4n) is 2.17. The first-order chi connectivity index (χ1) is 11.4. The molecule has 1 aliphatic rings. The van der Waals surface area contributed by atoms with Crippen LogP contribution in [0.2, 0.25) is 0 Å². The zero-order valence-electron chi connectivity index (χ0n) is 13.9. The molecule has 0 aliphatic carbocycles. The van der Waals surface area contributed by atoms with Crippen LogP contribution in [0.4, 0.5) is 13.2 Å². The normalized spacial score (nSPS) is 20.4. The highest BCUT2D eigenvalue weighted by atomic mass is 19.4. The zero-order valence-corrected chi connectivity index (χ0v) is 13.9. The largest absolute Gasteiger partial charge is 0.490 e. The first-order valence-electron chi connectivity index (χ1n) is 7.40. The average molecular weight is 359 g/mol. The molecule has 0 saturated carbocycles. The lowest BCUT2D eigenvalue weighted by atomic mass is 9.89. The van der Waals surface area contributed by atoms with E-state index in [4.69, 9.17) is 15.6 Å². The van der Waals surface area contributed by atoms with Gasteiger partial charge in [0, 0.05) is 7.05 Å². The van der Waals surface area contributed by atoms with Crippen LogP contribution in [0.3, 0.4) is 0 Å². The number of aryl methyl sites for hydroxylation is 1. The number of aliphatic imine (C=N–C) groups is 1. The Bertz CT molecular complexity index is 647. The number of benzene rings is 1. The molecule has 1 heterocycles. The number of nitrogens with zero attached hydrogens (tertiary/aromatic N) is 2. The molecule has 1 atom stereocenters. The van der Waals surface area contributed by atoms with E-state index in [0.717, 1.165) is 12.8 Å². The van der Waals surface area contributed by atoms with Crippen LogP contribution in [0.25, 0.3) is 0 Å². The van der Waals surface area contributed by atoms with Gasteiger partial charge in [-0.3, -0.25) is 9.69 Å². The predicted molar refractivity (Wildman–Crippen MR) is 85.9 cm³/mol. The zero-order chi connectivity index (χ0) is 19.3. The van der Waals surface area contributed by atoms with Crippen LogP contribution < -0.4 is 5.73 Å². The van der Waals surface area contributed by atoms with E-state index in [0.29, 0.717) is 12.4 Å². The van der Waals surface area contributed by atoms with Gasteiger partial charge in [-0.1, -0.05) is 30.3 Å². The Balaban J connectivity index is 0.000000381. The molecule has 0 spiro atoms.